The van der Waals surface area contributed by atoms with Gasteiger partial charge in [0.15, 0.2) is 0 Å². The minimum atomic E-state index is -0.000969. The van der Waals surface area contributed by atoms with Crippen molar-refractivity contribution in [3.8, 4) is 0 Å². The number of amides is 1. The number of rotatable bonds is 1. The topological polar surface area (TPSA) is 67.5 Å². The number of fused-ring (bicyclic) bond motifs is 2. The Morgan fingerprint density at radius 3 is 3.29 bits per heavy atom. The molecule has 110 valence electrons. The van der Waals surface area contributed by atoms with Crippen LogP contribution in [0.1, 0.15) is 16.9 Å². The van der Waals surface area contributed by atoms with Gasteiger partial charge in [0.25, 0.3) is 5.91 Å². The van der Waals surface area contributed by atoms with Crippen molar-refractivity contribution in [1.29, 1.82) is 0 Å². The smallest absolute Gasteiger partial charge is 0.270 e. The van der Waals surface area contributed by atoms with E-state index in [-0.39, 0.29) is 18.1 Å². The third kappa shape index (κ3) is 2.20. The monoisotopic (exact) mass is 287 g/mol. The van der Waals surface area contributed by atoms with Gasteiger partial charge < -0.3 is 19.4 Å². The summed E-state index contributed by atoms with van der Waals surface area (Å²) in [5, 5.41) is 0.956. The fourth-order valence-corrected chi connectivity index (χ4v) is 3.16. The Hall–Kier alpha value is -1.92. The van der Waals surface area contributed by atoms with Gasteiger partial charge in [0.2, 0.25) is 0 Å². The van der Waals surface area contributed by atoms with Crippen LogP contribution in [0.15, 0.2) is 24.4 Å². The lowest BCUT2D eigenvalue weighted by Gasteiger charge is -2.43. The number of nitrogens with one attached hydrogen (secondary N) is 1. The van der Waals surface area contributed by atoms with Gasteiger partial charge in [0, 0.05) is 24.7 Å². The van der Waals surface area contributed by atoms with Crippen LogP contribution in [0.25, 0.3) is 11.0 Å². The van der Waals surface area contributed by atoms with Gasteiger partial charge in [-0.3, -0.25) is 4.79 Å². The van der Waals surface area contributed by atoms with Gasteiger partial charge in [0.1, 0.15) is 17.4 Å². The van der Waals surface area contributed by atoms with E-state index in [2.05, 4.69) is 9.97 Å². The van der Waals surface area contributed by atoms with Crippen LogP contribution >= 0.6 is 0 Å². The molecule has 6 nitrogen and oxygen atoms in total. The number of morpholine rings is 1. The molecule has 2 atom stereocenters. The van der Waals surface area contributed by atoms with Crippen LogP contribution in [0.5, 0.6) is 0 Å². The van der Waals surface area contributed by atoms with E-state index < -0.39 is 0 Å². The number of aromatic amines is 1. The molecule has 2 aromatic heterocycles. The molecule has 6 heteroatoms. The predicted molar refractivity (Wildman–Crippen MR) is 76.1 cm³/mol. The Labute approximate surface area is 122 Å². The predicted octanol–water partition coefficient (Wildman–Crippen LogP) is 1.19. The van der Waals surface area contributed by atoms with Crippen molar-refractivity contribution in [1.82, 2.24) is 14.9 Å². The van der Waals surface area contributed by atoms with Crippen LogP contribution in [0.3, 0.4) is 0 Å². The second-order valence-electron chi connectivity index (χ2n) is 5.46. The second-order valence-corrected chi connectivity index (χ2v) is 5.46. The summed E-state index contributed by atoms with van der Waals surface area (Å²) in [5.41, 5.74) is 1.34. The molecule has 1 amide bonds. The first-order chi connectivity index (χ1) is 10.3. The van der Waals surface area contributed by atoms with E-state index in [4.69, 9.17) is 9.47 Å². The second kappa shape index (κ2) is 5.13. The molecule has 21 heavy (non-hydrogen) atoms. The molecule has 0 aliphatic carbocycles. The first-order valence-corrected chi connectivity index (χ1v) is 7.27. The Morgan fingerprint density at radius 2 is 2.38 bits per heavy atom. The van der Waals surface area contributed by atoms with Crippen LogP contribution in [0.4, 0.5) is 0 Å². The van der Waals surface area contributed by atoms with Crippen molar-refractivity contribution in [2.24, 2.45) is 0 Å². The molecule has 0 saturated carbocycles. The van der Waals surface area contributed by atoms with Crippen LogP contribution < -0.4 is 0 Å². The van der Waals surface area contributed by atoms with E-state index in [1.54, 1.807) is 6.20 Å². The standard InChI is InChI=1S/C15H17N3O3/c19-15(11-8-10-2-1-4-16-14(10)17-11)18-5-7-21-13-9-20-6-3-12(13)18/h1-2,4,8,12-13H,3,5-7,9H2,(H,16,17)/t12-,13+/m0/s1. The van der Waals surface area contributed by atoms with Crippen LogP contribution in [0.2, 0.25) is 0 Å². The maximum atomic E-state index is 12.8. The zero-order chi connectivity index (χ0) is 14.2. The molecular formula is C15H17N3O3. The number of hydrogen-bond donors (Lipinski definition) is 1. The third-order valence-corrected chi connectivity index (χ3v) is 4.22. The van der Waals surface area contributed by atoms with Crippen molar-refractivity contribution in [3.63, 3.8) is 0 Å². The average molecular weight is 287 g/mol. The Morgan fingerprint density at radius 1 is 1.43 bits per heavy atom. The largest absolute Gasteiger partial charge is 0.379 e. The zero-order valence-corrected chi connectivity index (χ0v) is 11.6. The Bertz CT molecular complexity index is 634. The summed E-state index contributed by atoms with van der Waals surface area (Å²) in [7, 11) is 0. The normalized spacial score (nSPS) is 25.8. The highest BCUT2D eigenvalue weighted by Crippen LogP contribution is 2.24. The summed E-state index contributed by atoms with van der Waals surface area (Å²) in [4.78, 5) is 22.1. The summed E-state index contributed by atoms with van der Waals surface area (Å²) >= 11 is 0. The van der Waals surface area contributed by atoms with Gasteiger partial charge in [-0.25, -0.2) is 4.98 Å². The minimum Gasteiger partial charge on any atom is -0.379 e. The lowest BCUT2D eigenvalue weighted by molar-refractivity contribution is -0.124. The molecule has 4 heterocycles. The van der Waals surface area contributed by atoms with E-state index in [0.29, 0.717) is 32.1 Å². The fourth-order valence-electron chi connectivity index (χ4n) is 3.16. The van der Waals surface area contributed by atoms with Gasteiger partial charge in [-0.05, 0) is 24.6 Å². The Kier molecular flexibility index (Phi) is 3.12. The first-order valence-electron chi connectivity index (χ1n) is 7.27. The van der Waals surface area contributed by atoms with Gasteiger partial charge in [-0.1, -0.05) is 0 Å². The number of carbonyl (C=O) groups excluding carboxylic acids is 1. The number of nitrogens with zero attached hydrogens (tertiary/aromatic N) is 2. The molecule has 2 fully saturated rings. The highest BCUT2D eigenvalue weighted by Gasteiger charge is 2.38. The highest BCUT2D eigenvalue weighted by atomic mass is 16.5. The first kappa shape index (κ1) is 12.8. The maximum Gasteiger partial charge on any atom is 0.270 e. The molecule has 2 aliphatic rings. The molecule has 4 rings (SSSR count). The van der Waals surface area contributed by atoms with Crippen molar-refractivity contribution in [2.45, 2.75) is 18.6 Å². The number of ether oxygens (including phenoxy) is 2. The van der Waals surface area contributed by atoms with Gasteiger partial charge in [-0.15, -0.1) is 0 Å². The van der Waals surface area contributed by atoms with E-state index >= 15 is 0 Å². The summed E-state index contributed by atoms with van der Waals surface area (Å²) in [5.74, 6) is 0.0215. The maximum absolute atomic E-state index is 12.8. The average Bonchev–Trinajstić information content (AvgIpc) is 2.97. The van der Waals surface area contributed by atoms with E-state index in [9.17, 15) is 4.79 Å². The molecule has 0 bridgehead atoms. The summed E-state index contributed by atoms with van der Waals surface area (Å²) in [6, 6.07) is 5.80. The molecular weight excluding hydrogens is 270 g/mol. The lowest BCUT2D eigenvalue weighted by atomic mass is 10.0. The van der Waals surface area contributed by atoms with Gasteiger partial charge in [-0.2, -0.15) is 0 Å². The number of aromatic nitrogens is 2. The molecule has 2 aromatic rings. The molecule has 0 aromatic carbocycles. The molecule has 2 saturated heterocycles. The molecule has 0 unspecified atom stereocenters. The fraction of sp³-hybridized carbons (Fsp3) is 0.467. The van der Waals surface area contributed by atoms with Crippen molar-refractivity contribution in [2.75, 3.05) is 26.4 Å². The summed E-state index contributed by atoms with van der Waals surface area (Å²) < 4.78 is 11.2. The Balaban J connectivity index is 1.63. The highest BCUT2D eigenvalue weighted by molar-refractivity contribution is 5.97. The van der Waals surface area contributed by atoms with Crippen LogP contribution in [0, 0.1) is 0 Å². The third-order valence-electron chi connectivity index (χ3n) is 4.22. The van der Waals surface area contributed by atoms with E-state index in [0.717, 1.165) is 17.5 Å². The minimum absolute atomic E-state index is 0.000969. The van der Waals surface area contributed by atoms with E-state index in [1.165, 1.54) is 0 Å². The summed E-state index contributed by atoms with van der Waals surface area (Å²) in [6.45, 7) is 2.45. The van der Waals surface area contributed by atoms with Crippen molar-refractivity contribution >= 4 is 16.9 Å². The molecule has 1 N–H and O–H groups in total. The zero-order valence-electron chi connectivity index (χ0n) is 11.6. The summed E-state index contributed by atoms with van der Waals surface area (Å²) in [6.07, 6.45) is 2.55. The van der Waals surface area contributed by atoms with Crippen LogP contribution in [-0.2, 0) is 9.47 Å². The number of carbonyl (C=O) groups is 1. The van der Waals surface area contributed by atoms with Crippen molar-refractivity contribution < 1.29 is 14.3 Å². The SMILES string of the molecule is O=C(c1cc2cccnc2[nH]1)N1CCO[C@@H]2COCC[C@@H]21. The van der Waals surface area contributed by atoms with Crippen molar-refractivity contribution in [3.05, 3.63) is 30.1 Å². The van der Waals surface area contributed by atoms with E-state index in [1.807, 2.05) is 23.1 Å². The number of hydrogen-bond acceptors (Lipinski definition) is 4. The molecule has 0 spiro atoms. The van der Waals surface area contributed by atoms with Crippen LogP contribution in [-0.4, -0.2) is 59.3 Å². The van der Waals surface area contributed by atoms with Gasteiger partial charge in [0.05, 0.1) is 19.3 Å². The lowest BCUT2D eigenvalue weighted by Crippen LogP contribution is -2.57. The van der Waals surface area contributed by atoms with Gasteiger partial charge >= 0.3 is 0 Å². The number of H-pyrrole nitrogens is 1. The quantitative estimate of drug-likeness (QED) is 0.855. The molecule has 0 radical (unpaired) electrons. The number of pyridine rings is 1. The molecule has 2 aliphatic heterocycles.